The Morgan fingerprint density at radius 2 is 2.06 bits per heavy atom. The SMILES string of the molecule is CCC1NC(=O)C(C)=C(OC)C1(C)CCC(C)C. The van der Waals surface area contributed by atoms with Crippen LogP contribution in [0.2, 0.25) is 0 Å². The first kappa shape index (κ1) is 15.1. The van der Waals surface area contributed by atoms with Crippen LogP contribution in [0.25, 0.3) is 0 Å². The molecule has 0 aromatic carbocycles. The molecule has 2 atom stereocenters. The maximum atomic E-state index is 11.9. The summed E-state index contributed by atoms with van der Waals surface area (Å²) in [5, 5.41) is 3.12. The van der Waals surface area contributed by atoms with E-state index in [1.165, 1.54) is 0 Å². The molecule has 0 aromatic rings. The number of ether oxygens (including phenoxy) is 1. The van der Waals surface area contributed by atoms with Gasteiger partial charge in [0.05, 0.1) is 12.7 Å². The molecule has 18 heavy (non-hydrogen) atoms. The molecule has 3 nitrogen and oxygen atoms in total. The molecule has 0 radical (unpaired) electrons. The third-order valence-corrected chi connectivity index (χ3v) is 4.13. The van der Waals surface area contributed by atoms with E-state index in [4.69, 9.17) is 4.74 Å². The second-order valence-corrected chi connectivity index (χ2v) is 5.94. The molecule has 1 aliphatic rings. The number of hydrogen-bond acceptors (Lipinski definition) is 2. The highest BCUT2D eigenvalue weighted by atomic mass is 16.5. The van der Waals surface area contributed by atoms with Crippen molar-refractivity contribution in [1.29, 1.82) is 0 Å². The maximum Gasteiger partial charge on any atom is 0.250 e. The minimum atomic E-state index is -0.0776. The lowest BCUT2D eigenvalue weighted by Crippen LogP contribution is -2.52. The standard InChI is InChI=1S/C15H27NO2/c1-7-12-15(5,9-8-10(2)3)13(18-6)11(4)14(17)16-12/h10,12H,7-9H2,1-6H3,(H,16,17). The Hall–Kier alpha value is -0.990. The first-order chi connectivity index (χ1) is 8.36. The summed E-state index contributed by atoms with van der Waals surface area (Å²) in [4.78, 5) is 11.9. The van der Waals surface area contributed by atoms with Gasteiger partial charge in [-0.1, -0.05) is 27.7 Å². The monoisotopic (exact) mass is 253 g/mol. The molecule has 0 aliphatic carbocycles. The first-order valence-corrected chi connectivity index (χ1v) is 6.93. The Labute approximate surface area is 111 Å². The van der Waals surface area contributed by atoms with Gasteiger partial charge in [0.1, 0.15) is 5.76 Å². The Bertz CT molecular complexity index is 346. The molecule has 0 saturated carbocycles. The van der Waals surface area contributed by atoms with Crippen molar-refractivity contribution in [3.63, 3.8) is 0 Å². The van der Waals surface area contributed by atoms with E-state index in [2.05, 4.69) is 33.0 Å². The van der Waals surface area contributed by atoms with E-state index in [-0.39, 0.29) is 17.4 Å². The topological polar surface area (TPSA) is 38.3 Å². The van der Waals surface area contributed by atoms with E-state index in [1.54, 1.807) is 7.11 Å². The van der Waals surface area contributed by atoms with Crippen molar-refractivity contribution in [3.05, 3.63) is 11.3 Å². The number of nitrogens with one attached hydrogen (secondary N) is 1. The predicted molar refractivity (Wildman–Crippen MR) is 74.1 cm³/mol. The Morgan fingerprint density at radius 1 is 1.44 bits per heavy atom. The van der Waals surface area contributed by atoms with E-state index in [9.17, 15) is 4.79 Å². The van der Waals surface area contributed by atoms with Crippen LogP contribution < -0.4 is 5.32 Å². The molecule has 2 unspecified atom stereocenters. The lowest BCUT2D eigenvalue weighted by atomic mass is 9.71. The second-order valence-electron chi connectivity index (χ2n) is 5.94. The summed E-state index contributed by atoms with van der Waals surface area (Å²) in [5.41, 5.74) is 0.652. The highest BCUT2D eigenvalue weighted by molar-refractivity contribution is 5.94. The van der Waals surface area contributed by atoms with Gasteiger partial charge in [-0.25, -0.2) is 0 Å². The van der Waals surface area contributed by atoms with Gasteiger partial charge in [-0.05, 0) is 32.1 Å². The summed E-state index contributed by atoms with van der Waals surface area (Å²) in [7, 11) is 1.68. The van der Waals surface area contributed by atoms with E-state index in [0.717, 1.165) is 30.6 Å². The van der Waals surface area contributed by atoms with E-state index in [1.807, 2.05) is 6.92 Å². The number of carbonyl (C=O) groups is 1. The second kappa shape index (κ2) is 5.77. The van der Waals surface area contributed by atoms with Crippen LogP contribution in [0, 0.1) is 11.3 Å². The van der Waals surface area contributed by atoms with Gasteiger partial charge >= 0.3 is 0 Å². The summed E-state index contributed by atoms with van der Waals surface area (Å²) >= 11 is 0. The molecule has 3 heteroatoms. The molecule has 0 bridgehead atoms. The number of rotatable bonds is 5. The van der Waals surface area contributed by atoms with Gasteiger partial charge in [0.2, 0.25) is 0 Å². The first-order valence-electron chi connectivity index (χ1n) is 6.93. The van der Waals surface area contributed by atoms with Gasteiger partial charge in [-0.2, -0.15) is 0 Å². The summed E-state index contributed by atoms with van der Waals surface area (Å²) in [6.45, 7) is 10.6. The molecule has 1 amide bonds. The van der Waals surface area contributed by atoms with Crippen molar-refractivity contribution in [2.75, 3.05) is 7.11 Å². The van der Waals surface area contributed by atoms with Crippen molar-refractivity contribution in [1.82, 2.24) is 5.32 Å². The van der Waals surface area contributed by atoms with Crippen LogP contribution in [0.3, 0.4) is 0 Å². The van der Waals surface area contributed by atoms with E-state index in [0.29, 0.717) is 5.92 Å². The molecule has 1 heterocycles. The van der Waals surface area contributed by atoms with E-state index >= 15 is 0 Å². The molecule has 1 aliphatic heterocycles. The Morgan fingerprint density at radius 3 is 2.50 bits per heavy atom. The lowest BCUT2D eigenvalue weighted by Gasteiger charge is -2.43. The van der Waals surface area contributed by atoms with Gasteiger partial charge in [0.15, 0.2) is 0 Å². The number of methoxy groups -OCH3 is 1. The van der Waals surface area contributed by atoms with Crippen molar-refractivity contribution < 1.29 is 9.53 Å². The average Bonchev–Trinajstić information content (AvgIpc) is 2.32. The van der Waals surface area contributed by atoms with Gasteiger partial charge < -0.3 is 10.1 Å². The lowest BCUT2D eigenvalue weighted by molar-refractivity contribution is -0.121. The van der Waals surface area contributed by atoms with Gasteiger partial charge in [-0.15, -0.1) is 0 Å². The fraction of sp³-hybridized carbons (Fsp3) is 0.800. The molecule has 1 N–H and O–H groups in total. The largest absolute Gasteiger partial charge is 0.500 e. The highest BCUT2D eigenvalue weighted by Gasteiger charge is 2.44. The van der Waals surface area contributed by atoms with Crippen molar-refractivity contribution in [3.8, 4) is 0 Å². The van der Waals surface area contributed by atoms with Crippen LogP contribution in [-0.2, 0) is 9.53 Å². The summed E-state index contributed by atoms with van der Waals surface area (Å²) in [5.74, 6) is 1.55. The molecular weight excluding hydrogens is 226 g/mol. The van der Waals surface area contributed by atoms with Gasteiger partial charge in [0.25, 0.3) is 5.91 Å². The fourth-order valence-electron chi connectivity index (χ4n) is 2.93. The Kier molecular flexibility index (Phi) is 4.83. The molecule has 104 valence electrons. The summed E-state index contributed by atoms with van der Waals surface area (Å²) < 4.78 is 5.57. The summed E-state index contributed by atoms with van der Waals surface area (Å²) in [6, 6.07) is 0.169. The third-order valence-electron chi connectivity index (χ3n) is 4.13. The average molecular weight is 253 g/mol. The fourth-order valence-corrected chi connectivity index (χ4v) is 2.93. The molecule has 0 fully saturated rings. The van der Waals surface area contributed by atoms with Crippen LogP contribution >= 0.6 is 0 Å². The highest BCUT2D eigenvalue weighted by Crippen LogP contribution is 2.42. The zero-order valence-electron chi connectivity index (χ0n) is 12.6. The third kappa shape index (κ3) is 2.70. The number of amides is 1. The molecular formula is C15H27NO2. The minimum Gasteiger partial charge on any atom is -0.500 e. The smallest absolute Gasteiger partial charge is 0.250 e. The van der Waals surface area contributed by atoms with Crippen LogP contribution in [0.4, 0.5) is 0 Å². The minimum absolute atomic E-state index is 0.0146. The number of carbonyl (C=O) groups excluding carboxylic acids is 1. The zero-order valence-corrected chi connectivity index (χ0v) is 12.6. The molecule has 0 spiro atoms. The maximum absolute atomic E-state index is 11.9. The van der Waals surface area contributed by atoms with Crippen molar-refractivity contribution in [2.45, 2.75) is 59.9 Å². The Balaban J connectivity index is 3.10. The zero-order chi connectivity index (χ0) is 13.9. The van der Waals surface area contributed by atoms with Crippen LogP contribution in [0.15, 0.2) is 11.3 Å². The van der Waals surface area contributed by atoms with E-state index < -0.39 is 0 Å². The van der Waals surface area contributed by atoms with Crippen molar-refractivity contribution in [2.24, 2.45) is 11.3 Å². The van der Waals surface area contributed by atoms with Gasteiger partial charge in [0, 0.05) is 11.5 Å². The van der Waals surface area contributed by atoms with Crippen LogP contribution in [-0.4, -0.2) is 19.1 Å². The van der Waals surface area contributed by atoms with Crippen molar-refractivity contribution >= 4 is 5.91 Å². The summed E-state index contributed by atoms with van der Waals surface area (Å²) in [6.07, 6.45) is 3.12. The molecule has 0 aromatic heterocycles. The number of hydrogen-bond donors (Lipinski definition) is 1. The van der Waals surface area contributed by atoms with Crippen LogP contribution in [0.5, 0.6) is 0 Å². The molecule has 1 rings (SSSR count). The normalized spacial score (nSPS) is 28.6. The quantitative estimate of drug-likeness (QED) is 0.816. The van der Waals surface area contributed by atoms with Crippen LogP contribution in [0.1, 0.15) is 53.9 Å². The van der Waals surface area contributed by atoms with Gasteiger partial charge in [-0.3, -0.25) is 4.79 Å². The predicted octanol–water partition coefficient (Wildman–Crippen LogP) is 3.26. The molecule has 0 saturated heterocycles.